The van der Waals surface area contributed by atoms with E-state index in [4.69, 9.17) is 4.74 Å². The van der Waals surface area contributed by atoms with Crippen molar-refractivity contribution in [3.05, 3.63) is 59.2 Å². The molecule has 4 fully saturated rings. The Morgan fingerprint density at radius 2 is 1.90 bits per heavy atom. The minimum Gasteiger partial charge on any atom is -0.508 e. The van der Waals surface area contributed by atoms with Crippen LogP contribution >= 0.6 is 0 Å². The van der Waals surface area contributed by atoms with Crippen LogP contribution in [-0.4, -0.2) is 59.6 Å². The van der Waals surface area contributed by atoms with Crippen LogP contribution in [0.5, 0.6) is 11.5 Å². The first-order chi connectivity index (χ1) is 14.1. The van der Waals surface area contributed by atoms with E-state index in [1.54, 1.807) is 13.2 Å². The number of aryl methyl sites for hydroxylation is 1. The molecule has 0 radical (unpaired) electrons. The molecule has 0 aliphatic carbocycles. The zero-order chi connectivity index (χ0) is 20.1. The lowest BCUT2D eigenvalue weighted by molar-refractivity contribution is -0.00342. The Hall–Kier alpha value is -2.53. The van der Waals surface area contributed by atoms with Crippen molar-refractivity contribution in [1.82, 2.24) is 9.80 Å². The highest BCUT2D eigenvalue weighted by molar-refractivity contribution is 5.95. The molecule has 1 N–H and O–H groups in total. The molecule has 5 heteroatoms. The standard InChI is InChI=1S/C24H28N2O3/c1-15-12-18(6-7-21(15)29-2)24(28)26-14-20(17-4-3-5-19(27)13-17)23-22(26)16-8-10-25(23)11-9-16/h3-7,12-13,16,20,22-23,27H,8-11,14H2,1-2H3/t20-,22+,23+/m0/s1. The predicted octanol–water partition coefficient (Wildman–Crippen LogP) is 3.41. The molecule has 1 amide bonds. The zero-order valence-electron chi connectivity index (χ0n) is 17.0. The Morgan fingerprint density at radius 1 is 1.10 bits per heavy atom. The summed E-state index contributed by atoms with van der Waals surface area (Å²) in [5.74, 6) is 2.02. The number of hydrogen-bond donors (Lipinski definition) is 1. The van der Waals surface area contributed by atoms with E-state index in [2.05, 4.69) is 15.9 Å². The number of phenols is 1. The molecule has 29 heavy (non-hydrogen) atoms. The normalized spacial score (nSPS) is 30.3. The van der Waals surface area contributed by atoms with Gasteiger partial charge in [0.2, 0.25) is 0 Å². The van der Waals surface area contributed by atoms with Gasteiger partial charge >= 0.3 is 0 Å². The minimum absolute atomic E-state index is 0.113. The topological polar surface area (TPSA) is 53.0 Å². The van der Waals surface area contributed by atoms with Crippen molar-refractivity contribution in [2.45, 2.75) is 37.8 Å². The molecule has 4 aliphatic rings. The molecule has 2 bridgehead atoms. The summed E-state index contributed by atoms with van der Waals surface area (Å²) in [6.07, 6.45) is 2.33. The fraction of sp³-hybridized carbons (Fsp3) is 0.458. The largest absolute Gasteiger partial charge is 0.508 e. The Morgan fingerprint density at radius 3 is 2.59 bits per heavy atom. The van der Waals surface area contributed by atoms with Gasteiger partial charge in [-0.3, -0.25) is 9.69 Å². The highest BCUT2D eigenvalue weighted by Gasteiger charge is 2.54. The monoisotopic (exact) mass is 392 g/mol. The second kappa shape index (κ2) is 7.06. The van der Waals surface area contributed by atoms with Crippen molar-refractivity contribution >= 4 is 5.91 Å². The number of likely N-dealkylation sites (tertiary alicyclic amines) is 1. The van der Waals surface area contributed by atoms with Gasteiger partial charge in [0.25, 0.3) is 5.91 Å². The lowest BCUT2D eigenvalue weighted by Gasteiger charge is -2.51. The lowest BCUT2D eigenvalue weighted by atomic mass is 9.75. The van der Waals surface area contributed by atoms with Gasteiger partial charge < -0.3 is 14.7 Å². The molecule has 5 nitrogen and oxygen atoms in total. The van der Waals surface area contributed by atoms with Gasteiger partial charge in [-0.25, -0.2) is 0 Å². The van der Waals surface area contributed by atoms with Crippen LogP contribution in [0.15, 0.2) is 42.5 Å². The number of ether oxygens (including phenoxy) is 1. The van der Waals surface area contributed by atoms with Crippen molar-refractivity contribution in [2.24, 2.45) is 5.92 Å². The van der Waals surface area contributed by atoms with Gasteiger partial charge in [0, 0.05) is 24.1 Å². The fourth-order valence-corrected chi connectivity index (χ4v) is 5.88. The van der Waals surface area contributed by atoms with Crippen LogP contribution in [0.1, 0.15) is 40.2 Å². The van der Waals surface area contributed by atoms with E-state index in [0.29, 0.717) is 24.3 Å². The van der Waals surface area contributed by atoms with E-state index in [1.165, 1.54) is 12.8 Å². The van der Waals surface area contributed by atoms with Gasteiger partial charge in [-0.1, -0.05) is 12.1 Å². The van der Waals surface area contributed by atoms with Crippen LogP contribution in [0.4, 0.5) is 0 Å². The van der Waals surface area contributed by atoms with Crippen LogP contribution in [0.25, 0.3) is 0 Å². The number of hydrogen-bond acceptors (Lipinski definition) is 4. The quantitative estimate of drug-likeness (QED) is 0.870. The number of methoxy groups -OCH3 is 1. The highest BCUT2D eigenvalue weighted by Crippen LogP contribution is 2.47. The highest BCUT2D eigenvalue weighted by atomic mass is 16.5. The Bertz CT molecular complexity index is 935. The van der Waals surface area contributed by atoms with Crippen molar-refractivity contribution in [2.75, 3.05) is 26.7 Å². The number of amides is 1. The van der Waals surface area contributed by atoms with E-state index < -0.39 is 0 Å². The first-order valence-corrected chi connectivity index (χ1v) is 10.6. The van der Waals surface area contributed by atoms with Gasteiger partial charge in [-0.05, 0) is 80.2 Å². The number of aromatic hydroxyl groups is 1. The van der Waals surface area contributed by atoms with E-state index in [-0.39, 0.29) is 17.9 Å². The number of carbonyl (C=O) groups excluding carboxylic acids is 1. The number of phenolic OH excluding ortho intramolecular Hbond substituents is 1. The third-order valence-corrected chi connectivity index (χ3v) is 7.20. The molecule has 0 saturated carbocycles. The third-order valence-electron chi connectivity index (χ3n) is 7.20. The molecule has 4 heterocycles. The SMILES string of the molecule is COc1ccc(C(=O)N2C[C@@H](c3cccc(O)c3)[C@@H]3[C@H]2C2CCN3CC2)cc1C. The molecule has 6 rings (SSSR count). The van der Waals surface area contributed by atoms with E-state index >= 15 is 0 Å². The van der Waals surface area contributed by atoms with E-state index in [1.807, 2.05) is 37.3 Å². The first kappa shape index (κ1) is 18.5. The smallest absolute Gasteiger partial charge is 0.254 e. The lowest BCUT2D eigenvalue weighted by Crippen LogP contribution is -2.60. The van der Waals surface area contributed by atoms with Crippen LogP contribution < -0.4 is 4.74 Å². The number of fused-ring (bicyclic) bond motifs is 2. The molecule has 0 unspecified atom stereocenters. The van der Waals surface area contributed by atoms with Crippen LogP contribution in [0, 0.1) is 12.8 Å². The fourth-order valence-electron chi connectivity index (χ4n) is 5.88. The minimum atomic E-state index is 0.113. The van der Waals surface area contributed by atoms with Gasteiger partial charge in [0.1, 0.15) is 11.5 Å². The molecule has 0 spiro atoms. The number of benzene rings is 2. The maximum absolute atomic E-state index is 13.6. The molecule has 4 saturated heterocycles. The first-order valence-electron chi connectivity index (χ1n) is 10.6. The molecule has 2 aromatic carbocycles. The van der Waals surface area contributed by atoms with Crippen molar-refractivity contribution in [3.8, 4) is 11.5 Å². The van der Waals surface area contributed by atoms with E-state index in [0.717, 1.165) is 35.5 Å². The van der Waals surface area contributed by atoms with Crippen LogP contribution in [0.3, 0.4) is 0 Å². The molecular formula is C24H28N2O3. The summed E-state index contributed by atoms with van der Waals surface area (Å²) in [4.78, 5) is 18.3. The molecule has 0 aromatic heterocycles. The molecule has 152 valence electrons. The maximum Gasteiger partial charge on any atom is 0.254 e. The summed E-state index contributed by atoms with van der Waals surface area (Å²) in [5.41, 5.74) is 2.84. The zero-order valence-corrected chi connectivity index (χ0v) is 17.0. The number of rotatable bonds is 3. The van der Waals surface area contributed by atoms with Gasteiger partial charge in [-0.2, -0.15) is 0 Å². The summed E-state index contributed by atoms with van der Waals surface area (Å²) in [6, 6.07) is 13.9. The van der Waals surface area contributed by atoms with Crippen LogP contribution in [-0.2, 0) is 0 Å². The molecular weight excluding hydrogens is 364 g/mol. The van der Waals surface area contributed by atoms with Crippen molar-refractivity contribution in [1.29, 1.82) is 0 Å². The summed E-state index contributed by atoms with van der Waals surface area (Å²) in [5, 5.41) is 10.0. The molecule has 2 aromatic rings. The summed E-state index contributed by atoms with van der Waals surface area (Å²) >= 11 is 0. The van der Waals surface area contributed by atoms with Crippen molar-refractivity contribution in [3.63, 3.8) is 0 Å². The van der Waals surface area contributed by atoms with E-state index in [9.17, 15) is 9.90 Å². The van der Waals surface area contributed by atoms with Gasteiger partial charge in [0.05, 0.1) is 13.2 Å². The van der Waals surface area contributed by atoms with Gasteiger partial charge in [0.15, 0.2) is 0 Å². The average molecular weight is 392 g/mol. The predicted molar refractivity (Wildman–Crippen MR) is 111 cm³/mol. The Kier molecular flexibility index (Phi) is 4.50. The summed E-state index contributed by atoms with van der Waals surface area (Å²) < 4.78 is 5.36. The third kappa shape index (κ3) is 2.99. The number of nitrogens with zero attached hydrogens (tertiary/aromatic N) is 2. The average Bonchev–Trinajstić information content (AvgIpc) is 3.17. The summed E-state index contributed by atoms with van der Waals surface area (Å²) in [7, 11) is 1.65. The second-order valence-electron chi connectivity index (χ2n) is 8.70. The Balaban J connectivity index is 1.51. The van der Waals surface area contributed by atoms with Crippen LogP contribution in [0.2, 0.25) is 0 Å². The van der Waals surface area contributed by atoms with Crippen molar-refractivity contribution < 1.29 is 14.6 Å². The molecule has 3 atom stereocenters. The number of piperidine rings is 3. The number of carbonyl (C=O) groups is 1. The second-order valence-corrected chi connectivity index (χ2v) is 8.70. The maximum atomic E-state index is 13.6. The molecule has 4 aliphatic heterocycles. The summed E-state index contributed by atoms with van der Waals surface area (Å²) in [6.45, 7) is 4.91. The van der Waals surface area contributed by atoms with Gasteiger partial charge in [-0.15, -0.1) is 0 Å². The Labute approximate surface area is 171 Å².